The number of aryl methyl sites for hydroxylation is 1. The van der Waals surface area contributed by atoms with Crippen LogP contribution in [-0.4, -0.2) is 89.4 Å². The highest BCUT2D eigenvalue weighted by Gasteiger charge is 2.39. The number of nitrogens with zero attached hydrogens (tertiary/aromatic N) is 3. The Labute approximate surface area is 339 Å². The summed E-state index contributed by atoms with van der Waals surface area (Å²) in [5, 5.41) is 13.4. The first-order valence-corrected chi connectivity index (χ1v) is 21.0. The molecule has 2 N–H and O–H groups in total. The van der Waals surface area contributed by atoms with Gasteiger partial charge < -0.3 is 24.4 Å². The minimum atomic E-state index is -0.581. The van der Waals surface area contributed by atoms with Gasteiger partial charge in [0.15, 0.2) is 5.75 Å². The molecule has 3 aliphatic heterocycles. The molecule has 0 bridgehead atoms. The number of carbonyl (C=O) groups excluding carboxylic acids is 3. The number of rotatable bonds is 13. The third kappa shape index (κ3) is 8.78. The lowest BCUT2D eigenvalue weighted by molar-refractivity contribution is -0.136. The third-order valence-corrected chi connectivity index (χ3v) is 12.6. The van der Waals surface area contributed by atoms with Gasteiger partial charge in [-0.15, -0.1) is 11.3 Å². The fourth-order valence-corrected chi connectivity index (χ4v) is 9.32. The number of nitrogens with one attached hydrogen (secondary N) is 1. The maximum Gasteiger partial charge on any atom is 0.255 e. The molecule has 1 atom stereocenters. The van der Waals surface area contributed by atoms with E-state index in [4.69, 9.17) is 9.47 Å². The lowest BCUT2D eigenvalue weighted by Crippen LogP contribution is -2.52. The lowest BCUT2D eigenvalue weighted by Gasteiger charge is -2.29. The Morgan fingerprint density at radius 1 is 0.839 bits per heavy atom. The summed E-state index contributed by atoms with van der Waals surface area (Å²) in [6.45, 7) is 7.20. The van der Waals surface area contributed by atoms with Crippen molar-refractivity contribution in [1.29, 1.82) is 0 Å². The van der Waals surface area contributed by atoms with Crippen LogP contribution in [0.15, 0.2) is 89.4 Å². The highest BCUT2D eigenvalue weighted by molar-refractivity contribution is 9.10. The smallest absolute Gasteiger partial charge is 0.255 e. The molecule has 290 valence electrons. The predicted octanol–water partition coefficient (Wildman–Crippen LogP) is 8.00. The van der Waals surface area contributed by atoms with Crippen LogP contribution < -0.4 is 14.8 Å². The normalized spacial score (nSPS) is 17.9. The van der Waals surface area contributed by atoms with E-state index in [1.54, 1.807) is 28.4 Å². The summed E-state index contributed by atoms with van der Waals surface area (Å²) < 4.78 is 14.6. The maximum absolute atomic E-state index is 13.0. The van der Waals surface area contributed by atoms with E-state index < -0.39 is 6.04 Å². The van der Waals surface area contributed by atoms with Crippen LogP contribution >= 0.6 is 27.3 Å². The first-order valence-electron chi connectivity index (χ1n) is 19.4. The van der Waals surface area contributed by atoms with Crippen molar-refractivity contribution >= 4 is 55.1 Å². The van der Waals surface area contributed by atoms with Crippen LogP contribution in [0.1, 0.15) is 53.6 Å². The van der Waals surface area contributed by atoms with Crippen molar-refractivity contribution in [3.05, 3.63) is 106 Å². The average molecular weight is 838 g/mol. The number of phenolic OH excluding ortho intramolecular Hbond substituents is 1. The molecule has 3 amide bonds. The highest BCUT2D eigenvalue weighted by Crippen LogP contribution is 2.47. The lowest BCUT2D eigenvalue weighted by atomic mass is 10.0. The molecule has 0 saturated carbocycles. The molecule has 10 nitrogen and oxygen atoms in total. The standard InChI is InChI=1S/C44H45BrN4O6S/c45-32-8-6-30(7-9-32)42-41(37-16-10-33(50)27-39(37)56-42)55-35-13-11-34(12-14-35)54-25-24-48-21-3-20-47(22-23-48)19-2-1-4-29-5-15-36-31(26-29)28-49(44(36)53)38-17-18-40(51)46-43(38)52/h5-16,26-27,38,50H,1-4,17-25,28H2,(H,46,51,52). The number of fused-ring (bicyclic) bond motifs is 2. The molecule has 1 aromatic heterocycles. The van der Waals surface area contributed by atoms with Crippen molar-refractivity contribution in [3.63, 3.8) is 0 Å². The van der Waals surface area contributed by atoms with E-state index in [1.807, 2.05) is 54.6 Å². The molecule has 4 heterocycles. The first kappa shape index (κ1) is 38.1. The number of imide groups is 1. The molecule has 1 unspecified atom stereocenters. The third-order valence-electron chi connectivity index (χ3n) is 10.9. The summed E-state index contributed by atoms with van der Waals surface area (Å²) in [4.78, 5) is 44.7. The fraction of sp³-hybridized carbons (Fsp3) is 0.341. The summed E-state index contributed by atoms with van der Waals surface area (Å²) in [5.41, 5.74) is 3.90. The van der Waals surface area contributed by atoms with Crippen LogP contribution in [-0.2, 0) is 22.6 Å². The topological polar surface area (TPSA) is 112 Å². The van der Waals surface area contributed by atoms with Crippen LogP contribution in [0.25, 0.3) is 20.5 Å². The molecule has 2 saturated heterocycles. The molecule has 8 rings (SSSR count). The number of aromatic hydroxyl groups is 1. The van der Waals surface area contributed by atoms with Crippen molar-refractivity contribution in [2.45, 2.75) is 51.1 Å². The molecule has 4 aromatic carbocycles. The van der Waals surface area contributed by atoms with Gasteiger partial charge in [-0.3, -0.25) is 24.6 Å². The number of benzene rings is 4. The van der Waals surface area contributed by atoms with Gasteiger partial charge in [0.05, 0.1) is 4.88 Å². The van der Waals surface area contributed by atoms with Crippen LogP contribution in [0.2, 0.25) is 0 Å². The molecule has 0 spiro atoms. The second kappa shape index (κ2) is 17.2. The molecular weight excluding hydrogens is 792 g/mol. The summed E-state index contributed by atoms with van der Waals surface area (Å²) in [6, 6.07) is 26.8. The zero-order chi connectivity index (χ0) is 38.6. The largest absolute Gasteiger partial charge is 0.508 e. The van der Waals surface area contributed by atoms with Crippen molar-refractivity contribution in [1.82, 2.24) is 20.0 Å². The molecular formula is C44H45BrN4O6S. The molecule has 0 aliphatic carbocycles. The van der Waals surface area contributed by atoms with Crippen LogP contribution in [0.3, 0.4) is 0 Å². The van der Waals surface area contributed by atoms with Crippen molar-refractivity contribution in [2.75, 3.05) is 45.9 Å². The van der Waals surface area contributed by atoms with Crippen molar-refractivity contribution in [2.24, 2.45) is 0 Å². The Morgan fingerprint density at radius 2 is 1.61 bits per heavy atom. The summed E-state index contributed by atoms with van der Waals surface area (Å²) >= 11 is 5.12. The maximum atomic E-state index is 13.0. The molecule has 56 heavy (non-hydrogen) atoms. The van der Waals surface area contributed by atoms with Gasteiger partial charge in [-0.05, 0) is 129 Å². The van der Waals surface area contributed by atoms with E-state index in [2.05, 4.69) is 49.2 Å². The number of carbonyl (C=O) groups is 3. The van der Waals surface area contributed by atoms with Gasteiger partial charge in [0, 0.05) is 52.7 Å². The summed E-state index contributed by atoms with van der Waals surface area (Å²) in [6.07, 6.45) is 4.91. The number of amides is 3. The minimum absolute atomic E-state index is 0.123. The predicted molar refractivity (Wildman–Crippen MR) is 222 cm³/mol. The quantitative estimate of drug-likeness (QED) is 0.0908. The van der Waals surface area contributed by atoms with E-state index in [-0.39, 0.29) is 29.9 Å². The highest BCUT2D eigenvalue weighted by atomic mass is 79.9. The van der Waals surface area contributed by atoms with E-state index >= 15 is 0 Å². The van der Waals surface area contributed by atoms with Gasteiger partial charge in [0.1, 0.15) is 29.9 Å². The molecule has 3 aliphatic rings. The van der Waals surface area contributed by atoms with E-state index in [0.29, 0.717) is 25.1 Å². The van der Waals surface area contributed by atoms with E-state index in [1.165, 1.54) is 5.56 Å². The summed E-state index contributed by atoms with van der Waals surface area (Å²) in [5.74, 6) is 1.77. The SMILES string of the molecule is O=C1CCC(N2Cc3cc(CCCCN4CCCN(CCOc5ccc(Oc6c(-c7ccc(Br)cc7)sc7cc(O)ccc67)cc5)CC4)ccc3C2=O)C(=O)N1. The Bertz CT molecular complexity index is 2230. The number of piperidine rings is 1. The minimum Gasteiger partial charge on any atom is -0.508 e. The number of phenols is 1. The monoisotopic (exact) mass is 836 g/mol. The second-order valence-corrected chi connectivity index (χ2v) is 16.7. The van der Waals surface area contributed by atoms with E-state index in [9.17, 15) is 19.5 Å². The van der Waals surface area contributed by atoms with Gasteiger partial charge in [-0.2, -0.15) is 0 Å². The van der Waals surface area contributed by atoms with Crippen molar-refractivity contribution in [3.8, 4) is 33.4 Å². The first-order chi connectivity index (χ1) is 27.3. The van der Waals surface area contributed by atoms with Gasteiger partial charge in [-0.25, -0.2) is 0 Å². The zero-order valence-corrected chi connectivity index (χ0v) is 33.6. The van der Waals surface area contributed by atoms with Crippen molar-refractivity contribution < 1.29 is 29.0 Å². The second-order valence-electron chi connectivity index (χ2n) is 14.8. The average Bonchev–Trinajstić information content (AvgIpc) is 3.60. The number of ether oxygens (including phenoxy) is 2. The number of halogens is 1. The Kier molecular flexibility index (Phi) is 11.7. The molecule has 2 fully saturated rings. The number of hydrogen-bond donors (Lipinski definition) is 2. The van der Waals surface area contributed by atoms with Crippen LogP contribution in [0.5, 0.6) is 23.0 Å². The van der Waals surface area contributed by atoms with Gasteiger partial charge >= 0.3 is 0 Å². The van der Waals surface area contributed by atoms with Gasteiger partial charge in [0.25, 0.3) is 5.91 Å². The Balaban J connectivity index is 0.763. The Morgan fingerprint density at radius 3 is 2.39 bits per heavy atom. The Hall–Kier alpha value is -4.75. The molecule has 5 aromatic rings. The van der Waals surface area contributed by atoms with Crippen LogP contribution in [0.4, 0.5) is 0 Å². The number of hydrogen-bond acceptors (Lipinski definition) is 9. The van der Waals surface area contributed by atoms with Gasteiger partial charge in [0.2, 0.25) is 11.8 Å². The molecule has 12 heteroatoms. The zero-order valence-electron chi connectivity index (χ0n) is 31.2. The fourth-order valence-electron chi connectivity index (χ4n) is 7.89. The van der Waals surface area contributed by atoms with Gasteiger partial charge in [-0.1, -0.05) is 40.2 Å². The number of unbranched alkanes of at least 4 members (excludes halogenated alkanes) is 1. The molecule has 0 radical (unpaired) electrons. The van der Waals surface area contributed by atoms with E-state index in [0.717, 1.165) is 113 Å². The summed E-state index contributed by atoms with van der Waals surface area (Å²) in [7, 11) is 0. The van der Waals surface area contributed by atoms with Crippen LogP contribution in [0, 0.1) is 0 Å². The number of thiophene rings is 1.